The normalized spacial score (nSPS) is 12.2. The molecule has 0 spiro atoms. The van der Waals surface area contributed by atoms with Crippen LogP contribution in [0.2, 0.25) is 5.02 Å². The van der Waals surface area contributed by atoms with Crippen molar-refractivity contribution >= 4 is 45.2 Å². The largest absolute Gasteiger partial charge is 0.444 e. The minimum absolute atomic E-state index is 0.170. The smallest absolute Gasteiger partial charge is 0.408 e. The number of aromatic nitrogens is 2. The van der Waals surface area contributed by atoms with Crippen molar-refractivity contribution < 1.29 is 18.7 Å². The van der Waals surface area contributed by atoms with Gasteiger partial charge in [0.2, 0.25) is 18.2 Å². The Balaban J connectivity index is 1.77. The molecule has 0 aliphatic rings. The predicted molar refractivity (Wildman–Crippen MR) is 124 cm³/mol. The lowest BCUT2D eigenvalue weighted by Crippen LogP contribution is -2.47. The monoisotopic (exact) mass is 520 g/mol. The van der Waals surface area contributed by atoms with E-state index < -0.39 is 23.6 Å². The van der Waals surface area contributed by atoms with Crippen molar-refractivity contribution in [2.24, 2.45) is 0 Å². The molecular formula is C22H22BrClN4O4. The molecule has 2 N–H and O–H groups in total. The maximum absolute atomic E-state index is 13.1. The molecule has 1 aromatic heterocycles. The first kappa shape index (κ1) is 23.7. The van der Waals surface area contributed by atoms with Crippen molar-refractivity contribution in [1.82, 2.24) is 15.5 Å². The molecule has 0 bridgehead atoms. The molecule has 0 saturated heterocycles. The summed E-state index contributed by atoms with van der Waals surface area (Å²) in [5, 5.41) is 13.4. The van der Waals surface area contributed by atoms with Gasteiger partial charge in [-0.15, -0.1) is 10.2 Å². The summed E-state index contributed by atoms with van der Waals surface area (Å²) in [5.74, 6) is -0.0471. The number of anilines is 1. The molecule has 3 rings (SSSR count). The second-order valence-electron chi connectivity index (χ2n) is 7.95. The number of carbonyl (C=O) groups is 2. The van der Waals surface area contributed by atoms with Gasteiger partial charge in [-0.1, -0.05) is 27.5 Å². The van der Waals surface area contributed by atoms with E-state index in [-0.39, 0.29) is 6.42 Å². The summed E-state index contributed by atoms with van der Waals surface area (Å²) in [6.45, 7) is 5.24. The molecule has 168 valence electrons. The molecule has 32 heavy (non-hydrogen) atoms. The molecule has 8 nitrogen and oxygen atoms in total. The third-order valence-electron chi connectivity index (χ3n) is 4.20. The number of hydrogen-bond acceptors (Lipinski definition) is 6. The van der Waals surface area contributed by atoms with E-state index in [0.717, 1.165) is 4.47 Å². The van der Waals surface area contributed by atoms with Gasteiger partial charge in [0.05, 0.1) is 0 Å². The van der Waals surface area contributed by atoms with E-state index in [9.17, 15) is 9.59 Å². The van der Waals surface area contributed by atoms with Gasteiger partial charge < -0.3 is 19.8 Å². The summed E-state index contributed by atoms with van der Waals surface area (Å²) >= 11 is 9.70. The minimum Gasteiger partial charge on any atom is -0.444 e. The number of rotatable bonds is 6. The van der Waals surface area contributed by atoms with Crippen LogP contribution in [0.5, 0.6) is 0 Å². The Kier molecular flexibility index (Phi) is 7.52. The number of amides is 2. The minimum atomic E-state index is -0.924. The fourth-order valence-corrected chi connectivity index (χ4v) is 3.41. The van der Waals surface area contributed by atoms with Crippen LogP contribution in [0.15, 0.2) is 57.7 Å². The number of nitrogens with one attached hydrogen (secondary N) is 2. The van der Waals surface area contributed by atoms with Gasteiger partial charge in [-0.3, -0.25) is 4.79 Å². The van der Waals surface area contributed by atoms with Crippen molar-refractivity contribution in [3.05, 3.63) is 63.9 Å². The number of benzene rings is 2. The Labute approximate surface area is 198 Å². The van der Waals surface area contributed by atoms with Crippen LogP contribution in [0.4, 0.5) is 10.5 Å². The Hall–Kier alpha value is -2.91. The fourth-order valence-electron chi connectivity index (χ4n) is 2.80. The highest BCUT2D eigenvalue weighted by Gasteiger charge is 2.25. The standard InChI is InChI=1S/C22H22BrClN4O4/c1-22(2,3)32-21(30)27-18(11-14-10-15(23)6-9-17(14)24)19(29)26-16-7-4-13(5-8-16)20-28-25-12-31-20/h4-10,12,18H,11H2,1-3H3,(H,26,29)(H,27,30). The second kappa shape index (κ2) is 10.1. The first-order valence-corrected chi connectivity index (χ1v) is 10.9. The van der Waals surface area contributed by atoms with Gasteiger partial charge in [0.1, 0.15) is 11.6 Å². The van der Waals surface area contributed by atoms with E-state index in [2.05, 4.69) is 36.8 Å². The summed E-state index contributed by atoms with van der Waals surface area (Å²) in [6.07, 6.45) is 0.713. The zero-order valence-corrected chi connectivity index (χ0v) is 20.0. The van der Waals surface area contributed by atoms with Gasteiger partial charge in [-0.2, -0.15) is 0 Å². The van der Waals surface area contributed by atoms with Gasteiger partial charge in [0, 0.05) is 27.2 Å². The molecule has 0 radical (unpaired) electrons. The summed E-state index contributed by atoms with van der Waals surface area (Å²) in [5.41, 5.74) is 1.24. The number of halogens is 2. The van der Waals surface area contributed by atoms with E-state index in [4.69, 9.17) is 20.8 Å². The lowest BCUT2D eigenvalue weighted by atomic mass is 10.0. The van der Waals surface area contributed by atoms with Crippen LogP contribution in [0.1, 0.15) is 26.3 Å². The zero-order chi connectivity index (χ0) is 23.3. The maximum atomic E-state index is 13.1. The molecule has 0 fully saturated rings. The van der Waals surface area contributed by atoms with Gasteiger partial charge in [0.15, 0.2) is 0 Å². The predicted octanol–water partition coefficient (Wildman–Crippen LogP) is 5.23. The van der Waals surface area contributed by atoms with E-state index in [1.54, 1.807) is 63.2 Å². The van der Waals surface area contributed by atoms with Crippen LogP contribution >= 0.6 is 27.5 Å². The molecule has 3 aromatic rings. The highest BCUT2D eigenvalue weighted by molar-refractivity contribution is 9.10. The third-order valence-corrected chi connectivity index (χ3v) is 5.06. The average Bonchev–Trinajstić information content (AvgIpc) is 3.24. The Morgan fingerprint density at radius 1 is 1.19 bits per heavy atom. The van der Waals surface area contributed by atoms with Crippen molar-refractivity contribution in [3.8, 4) is 11.5 Å². The van der Waals surface area contributed by atoms with E-state index in [0.29, 0.717) is 27.7 Å². The maximum Gasteiger partial charge on any atom is 0.408 e. The lowest BCUT2D eigenvalue weighted by molar-refractivity contribution is -0.118. The van der Waals surface area contributed by atoms with Crippen molar-refractivity contribution in [2.75, 3.05) is 5.32 Å². The van der Waals surface area contributed by atoms with Crippen molar-refractivity contribution in [3.63, 3.8) is 0 Å². The van der Waals surface area contributed by atoms with E-state index >= 15 is 0 Å². The summed E-state index contributed by atoms with van der Waals surface area (Å²) in [7, 11) is 0. The molecule has 0 saturated carbocycles. The number of ether oxygens (including phenoxy) is 1. The molecular weight excluding hydrogens is 500 g/mol. The first-order valence-electron chi connectivity index (χ1n) is 9.71. The van der Waals surface area contributed by atoms with Crippen molar-refractivity contribution in [1.29, 1.82) is 0 Å². The van der Waals surface area contributed by atoms with Gasteiger partial charge in [-0.25, -0.2) is 4.79 Å². The fraction of sp³-hybridized carbons (Fsp3) is 0.273. The molecule has 10 heteroatoms. The molecule has 1 heterocycles. The topological polar surface area (TPSA) is 106 Å². The zero-order valence-electron chi connectivity index (χ0n) is 17.7. The number of nitrogens with zero attached hydrogens (tertiary/aromatic N) is 2. The third kappa shape index (κ3) is 6.80. The van der Waals surface area contributed by atoms with Crippen LogP contribution in [0.25, 0.3) is 11.5 Å². The average molecular weight is 522 g/mol. The lowest BCUT2D eigenvalue weighted by Gasteiger charge is -2.23. The molecule has 0 aliphatic heterocycles. The van der Waals surface area contributed by atoms with Crippen molar-refractivity contribution in [2.45, 2.75) is 38.8 Å². The van der Waals surface area contributed by atoms with Crippen LogP contribution in [0, 0.1) is 0 Å². The van der Waals surface area contributed by atoms with Crippen LogP contribution in [-0.4, -0.2) is 33.8 Å². The van der Waals surface area contributed by atoms with E-state index in [1.165, 1.54) is 6.39 Å². The number of carbonyl (C=O) groups excluding carboxylic acids is 2. The summed E-state index contributed by atoms with van der Waals surface area (Å²) < 4.78 is 11.3. The highest BCUT2D eigenvalue weighted by atomic mass is 79.9. The van der Waals surface area contributed by atoms with Gasteiger partial charge in [-0.05, 0) is 68.8 Å². The van der Waals surface area contributed by atoms with Crippen LogP contribution in [-0.2, 0) is 16.0 Å². The molecule has 0 aliphatic carbocycles. The molecule has 2 aromatic carbocycles. The van der Waals surface area contributed by atoms with Crippen LogP contribution < -0.4 is 10.6 Å². The number of alkyl carbamates (subject to hydrolysis) is 1. The van der Waals surface area contributed by atoms with Gasteiger partial charge >= 0.3 is 6.09 Å². The molecule has 2 amide bonds. The highest BCUT2D eigenvalue weighted by Crippen LogP contribution is 2.23. The Morgan fingerprint density at radius 3 is 2.53 bits per heavy atom. The van der Waals surface area contributed by atoms with Crippen LogP contribution in [0.3, 0.4) is 0 Å². The quantitative estimate of drug-likeness (QED) is 0.460. The Morgan fingerprint density at radius 2 is 1.91 bits per heavy atom. The van der Waals surface area contributed by atoms with E-state index in [1.807, 2.05) is 0 Å². The second-order valence-corrected chi connectivity index (χ2v) is 9.27. The summed E-state index contributed by atoms with van der Waals surface area (Å²) in [4.78, 5) is 25.4. The summed E-state index contributed by atoms with van der Waals surface area (Å²) in [6, 6.07) is 11.3. The first-order chi connectivity index (χ1) is 15.1. The molecule has 1 atom stereocenters. The Bertz CT molecular complexity index is 1080. The SMILES string of the molecule is CC(C)(C)OC(=O)NC(Cc1cc(Br)ccc1Cl)C(=O)Nc1ccc(-c2nnco2)cc1. The van der Waals surface area contributed by atoms with Gasteiger partial charge in [0.25, 0.3) is 0 Å². The molecule has 1 unspecified atom stereocenters. The number of hydrogen-bond donors (Lipinski definition) is 2.